The Morgan fingerprint density at radius 2 is 2.11 bits per heavy atom. The molecule has 6 nitrogen and oxygen atoms in total. The number of hydrogen-bond acceptors (Lipinski definition) is 4. The van der Waals surface area contributed by atoms with Gasteiger partial charge in [0.2, 0.25) is 5.91 Å². The maximum absolute atomic E-state index is 11.6. The Labute approximate surface area is 117 Å². The van der Waals surface area contributed by atoms with Crippen LogP contribution in [0.15, 0.2) is 24.3 Å². The van der Waals surface area contributed by atoms with Crippen molar-refractivity contribution >= 4 is 24.0 Å². The van der Waals surface area contributed by atoms with Gasteiger partial charge in [0.15, 0.2) is 0 Å². The van der Waals surface area contributed by atoms with Crippen molar-refractivity contribution in [2.24, 2.45) is 11.7 Å². The van der Waals surface area contributed by atoms with Gasteiger partial charge in [-0.1, -0.05) is 25.1 Å². The number of nitrogens with zero attached hydrogens (tertiary/aromatic N) is 1. The second-order valence-corrected chi connectivity index (χ2v) is 4.21. The lowest BCUT2D eigenvalue weighted by atomic mass is 10.1. The Balaban J connectivity index is 0.00000324. The van der Waals surface area contributed by atoms with Crippen LogP contribution in [0.4, 0.5) is 5.69 Å². The van der Waals surface area contributed by atoms with E-state index < -0.39 is 4.92 Å². The summed E-state index contributed by atoms with van der Waals surface area (Å²) in [6, 6.07) is 6.24. The highest BCUT2D eigenvalue weighted by atomic mass is 35.5. The molecule has 1 aromatic rings. The van der Waals surface area contributed by atoms with Crippen molar-refractivity contribution in [1.82, 2.24) is 5.32 Å². The molecule has 0 radical (unpaired) electrons. The fraction of sp³-hybridized carbons (Fsp3) is 0.417. The predicted molar refractivity (Wildman–Crippen MR) is 75.3 cm³/mol. The van der Waals surface area contributed by atoms with Crippen molar-refractivity contribution in [3.63, 3.8) is 0 Å². The van der Waals surface area contributed by atoms with E-state index in [2.05, 4.69) is 5.32 Å². The molecule has 7 heteroatoms. The van der Waals surface area contributed by atoms with Gasteiger partial charge in [-0.2, -0.15) is 0 Å². The molecule has 1 amide bonds. The van der Waals surface area contributed by atoms with Crippen LogP contribution in [-0.2, 0) is 11.2 Å². The predicted octanol–water partition coefficient (Wildman–Crippen LogP) is 1.27. The maximum atomic E-state index is 11.6. The molecule has 3 N–H and O–H groups in total. The van der Waals surface area contributed by atoms with Crippen LogP contribution in [0, 0.1) is 16.0 Å². The van der Waals surface area contributed by atoms with Gasteiger partial charge in [0.05, 0.1) is 11.3 Å². The molecular weight excluding hydrogens is 270 g/mol. The number of nitro groups is 1. The fourth-order valence-electron chi connectivity index (χ4n) is 1.45. The van der Waals surface area contributed by atoms with Gasteiger partial charge in [-0.05, 0) is 12.5 Å². The van der Waals surface area contributed by atoms with Crippen LogP contribution >= 0.6 is 12.4 Å². The van der Waals surface area contributed by atoms with Crippen LogP contribution in [-0.4, -0.2) is 23.9 Å². The molecule has 0 aliphatic heterocycles. The highest BCUT2D eigenvalue weighted by Crippen LogP contribution is 2.17. The number of hydrogen-bond donors (Lipinski definition) is 2. The summed E-state index contributed by atoms with van der Waals surface area (Å²) in [5.74, 6) is -0.0377. The van der Waals surface area contributed by atoms with Crippen molar-refractivity contribution in [2.75, 3.05) is 13.1 Å². The minimum Gasteiger partial charge on any atom is -0.355 e. The zero-order chi connectivity index (χ0) is 13.5. The smallest absolute Gasteiger partial charge is 0.273 e. The summed E-state index contributed by atoms with van der Waals surface area (Å²) in [7, 11) is 0. The van der Waals surface area contributed by atoms with Gasteiger partial charge in [-0.25, -0.2) is 0 Å². The van der Waals surface area contributed by atoms with Crippen molar-refractivity contribution < 1.29 is 9.72 Å². The van der Waals surface area contributed by atoms with E-state index in [-0.39, 0.29) is 36.3 Å². The largest absolute Gasteiger partial charge is 0.355 e. The minimum absolute atomic E-state index is 0. The summed E-state index contributed by atoms with van der Waals surface area (Å²) >= 11 is 0. The van der Waals surface area contributed by atoms with Crippen LogP contribution in [0.3, 0.4) is 0 Å². The molecule has 0 spiro atoms. The van der Waals surface area contributed by atoms with Crippen LogP contribution in [0.1, 0.15) is 12.5 Å². The third-order valence-corrected chi connectivity index (χ3v) is 2.59. The van der Waals surface area contributed by atoms with Gasteiger partial charge < -0.3 is 11.1 Å². The number of benzene rings is 1. The zero-order valence-corrected chi connectivity index (χ0v) is 11.5. The number of carbonyl (C=O) groups excluding carboxylic acids is 1. The highest BCUT2D eigenvalue weighted by Gasteiger charge is 2.15. The zero-order valence-electron chi connectivity index (χ0n) is 10.7. The van der Waals surface area contributed by atoms with E-state index in [0.29, 0.717) is 18.7 Å². The summed E-state index contributed by atoms with van der Waals surface area (Å²) < 4.78 is 0. The summed E-state index contributed by atoms with van der Waals surface area (Å²) in [5, 5.41) is 13.5. The van der Waals surface area contributed by atoms with Gasteiger partial charge in [0.25, 0.3) is 5.69 Å². The average Bonchev–Trinajstić information content (AvgIpc) is 2.36. The lowest BCUT2D eigenvalue weighted by Crippen LogP contribution is -2.32. The molecule has 1 aromatic carbocycles. The monoisotopic (exact) mass is 287 g/mol. The molecule has 1 unspecified atom stereocenters. The first kappa shape index (κ1) is 17.3. The quantitative estimate of drug-likeness (QED) is 0.608. The van der Waals surface area contributed by atoms with E-state index in [1.165, 1.54) is 6.07 Å². The fourth-order valence-corrected chi connectivity index (χ4v) is 1.45. The molecule has 0 aliphatic rings. The number of amides is 1. The van der Waals surface area contributed by atoms with E-state index in [0.717, 1.165) is 0 Å². The number of nitro benzene ring substituents is 1. The molecule has 19 heavy (non-hydrogen) atoms. The van der Waals surface area contributed by atoms with Gasteiger partial charge in [0.1, 0.15) is 0 Å². The lowest BCUT2D eigenvalue weighted by molar-refractivity contribution is -0.385. The molecule has 1 rings (SSSR count). The normalized spacial score (nSPS) is 11.3. The Kier molecular flexibility index (Phi) is 7.71. The Morgan fingerprint density at radius 1 is 1.47 bits per heavy atom. The van der Waals surface area contributed by atoms with E-state index in [4.69, 9.17) is 5.73 Å². The van der Waals surface area contributed by atoms with Crippen molar-refractivity contribution in [3.8, 4) is 0 Å². The van der Waals surface area contributed by atoms with Crippen LogP contribution in [0.25, 0.3) is 0 Å². The molecule has 1 atom stereocenters. The molecular formula is C12H18ClN3O3. The van der Waals surface area contributed by atoms with Crippen LogP contribution in [0.2, 0.25) is 0 Å². The third kappa shape index (κ3) is 5.67. The summed E-state index contributed by atoms with van der Waals surface area (Å²) in [5.41, 5.74) is 5.82. The number of nitrogens with two attached hydrogens (primary N) is 1. The number of para-hydroxylation sites is 1. The second-order valence-electron chi connectivity index (χ2n) is 4.21. The van der Waals surface area contributed by atoms with E-state index in [1.54, 1.807) is 18.2 Å². The number of carbonyl (C=O) groups is 1. The molecule has 0 aliphatic carbocycles. The molecule has 0 saturated carbocycles. The third-order valence-electron chi connectivity index (χ3n) is 2.59. The van der Waals surface area contributed by atoms with Crippen molar-refractivity contribution in [2.45, 2.75) is 13.3 Å². The van der Waals surface area contributed by atoms with Crippen LogP contribution < -0.4 is 11.1 Å². The van der Waals surface area contributed by atoms with Gasteiger partial charge >= 0.3 is 0 Å². The van der Waals surface area contributed by atoms with Crippen molar-refractivity contribution in [3.05, 3.63) is 39.9 Å². The van der Waals surface area contributed by atoms with E-state index in [1.807, 2.05) is 6.92 Å². The van der Waals surface area contributed by atoms with Gasteiger partial charge in [-0.15, -0.1) is 12.4 Å². The topological polar surface area (TPSA) is 98.3 Å². The first-order chi connectivity index (χ1) is 8.54. The van der Waals surface area contributed by atoms with E-state index >= 15 is 0 Å². The van der Waals surface area contributed by atoms with Gasteiger partial charge in [0, 0.05) is 18.2 Å². The summed E-state index contributed by atoms with van der Waals surface area (Å²) in [4.78, 5) is 21.9. The standard InChI is InChI=1S/C12H17N3O3.ClH/c1-9(7-13)8-14-12(16)6-10-4-2-3-5-11(10)15(17)18;/h2-5,9H,6-8,13H2,1H3,(H,14,16);1H. The minimum atomic E-state index is -0.481. The molecule has 0 aromatic heterocycles. The number of rotatable bonds is 6. The Morgan fingerprint density at radius 3 is 2.68 bits per heavy atom. The number of nitrogens with one attached hydrogen (secondary N) is 1. The molecule has 0 saturated heterocycles. The molecule has 106 valence electrons. The summed E-state index contributed by atoms with van der Waals surface area (Å²) in [6.07, 6.45) is 0.00838. The van der Waals surface area contributed by atoms with E-state index in [9.17, 15) is 14.9 Å². The Hall–Kier alpha value is -1.66. The lowest BCUT2D eigenvalue weighted by Gasteiger charge is -2.10. The molecule has 0 fully saturated rings. The molecule has 0 heterocycles. The van der Waals surface area contributed by atoms with Gasteiger partial charge in [-0.3, -0.25) is 14.9 Å². The average molecular weight is 288 g/mol. The SMILES string of the molecule is CC(CN)CNC(=O)Cc1ccccc1[N+](=O)[O-].Cl. The molecule has 0 bridgehead atoms. The summed E-state index contributed by atoms with van der Waals surface area (Å²) in [6.45, 7) is 2.90. The Bertz CT molecular complexity index is 440. The maximum Gasteiger partial charge on any atom is 0.273 e. The second kappa shape index (κ2) is 8.44. The first-order valence-corrected chi connectivity index (χ1v) is 5.73. The first-order valence-electron chi connectivity index (χ1n) is 5.73. The van der Waals surface area contributed by atoms with Crippen molar-refractivity contribution in [1.29, 1.82) is 0 Å². The van der Waals surface area contributed by atoms with Crippen LogP contribution in [0.5, 0.6) is 0 Å². The number of halogens is 1. The highest BCUT2D eigenvalue weighted by molar-refractivity contribution is 5.85.